The molecule has 1 N–H and O–H groups in total. The van der Waals surface area contributed by atoms with Crippen LogP contribution < -0.4 is 5.32 Å². The third-order valence-corrected chi connectivity index (χ3v) is 3.21. The van der Waals surface area contributed by atoms with Gasteiger partial charge in [-0.15, -0.1) is 0 Å². The van der Waals surface area contributed by atoms with E-state index in [1.54, 1.807) is 0 Å². The van der Waals surface area contributed by atoms with Gasteiger partial charge >= 0.3 is 0 Å². The number of amides is 1. The van der Waals surface area contributed by atoms with Crippen LogP contribution in [0.25, 0.3) is 0 Å². The average Bonchev–Trinajstić information content (AvgIpc) is 2.42. The Morgan fingerprint density at radius 1 is 1.40 bits per heavy atom. The highest BCUT2D eigenvalue weighted by Gasteiger charge is 2.39. The molecule has 1 rings (SSSR count). The van der Waals surface area contributed by atoms with Crippen molar-refractivity contribution in [2.45, 2.75) is 65.7 Å². The zero-order valence-electron chi connectivity index (χ0n) is 10.6. The number of nitrogens with zero attached hydrogens (tertiary/aromatic N) is 1. The van der Waals surface area contributed by atoms with E-state index in [0.29, 0.717) is 12.0 Å². The van der Waals surface area contributed by atoms with E-state index >= 15 is 0 Å². The molecule has 0 aromatic carbocycles. The molecular weight excluding hydrogens is 188 g/mol. The number of nitrogens with one attached hydrogen (secondary N) is 1. The van der Waals surface area contributed by atoms with Gasteiger partial charge in [0.15, 0.2) is 0 Å². The van der Waals surface area contributed by atoms with Crippen molar-refractivity contribution >= 4 is 5.91 Å². The lowest BCUT2D eigenvalue weighted by molar-refractivity contribution is -0.132. The van der Waals surface area contributed by atoms with Crippen molar-refractivity contribution in [1.29, 1.82) is 0 Å². The number of hydrogen-bond donors (Lipinski definition) is 1. The van der Waals surface area contributed by atoms with E-state index in [-0.39, 0.29) is 18.1 Å². The summed E-state index contributed by atoms with van der Waals surface area (Å²) in [6, 6.07) is 0.369. The second-order valence-corrected chi connectivity index (χ2v) is 4.95. The van der Waals surface area contributed by atoms with Gasteiger partial charge in [0, 0.05) is 6.04 Å². The van der Waals surface area contributed by atoms with Crippen molar-refractivity contribution in [3.63, 3.8) is 0 Å². The minimum Gasteiger partial charge on any atom is -0.323 e. The van der Waals surface area contributed by atoms with Gasteiger partial charge in [-0.1, -0.05) is 27.2 Å². The molecule has 88 valence electrons. The third kappa shape index (κ3) is 2.51. The number of rotatable bonds is 4. The molecule has 1 amide bonds. The molecule has 3 heteroatoms. The Morgan fingerprint density at radius 3 is 2.40 bits per heavy atom. The fourth-order valence-electron chi connectivity index (χ4n) is 2.40. The summed E-state index contributed by atoms with van der Waals surface area (Å²) in [6.45, 7) is 10.6. The zero-order valence-corrected chi connectivity index (χ0v) is 10.6. The topological polar surface area (TPSA) is 32.3 Å². The van der Waals surface area contributed by atoms with E-state index in [2.05, 4.69) is 39.9 Å². The zero-order chi connectivity index (χ0) is 11.6. The van der Waals surface area contributed by atoms with Gasteiger partial charge in [-0.2, -0.15) is 0 Å². The fraction of sp³-hybridized carbons (Fsp3) is 0.917. The van der Waals surface area contributed by atoms with Crippen LogP contribution in [-0.4, -0.2) is 29.1 Å². The minimum absolute atomic E-state index is 0.0132. The molecule has 1 fully saturated rings. The predicted octanol–water partition coefficient (Wildman–Crippen LogP) is 1.98. The molecule has 15 heavy (non-hydrogen) atoms. The van der Waals surface area contributed by atoms with Gasteiger partial charge in [0.25, 0.3) is 0 Å². The SMILES string of the molecule is CCCC(C)N1C(=O)C(C(C)C)NC1C. The Morgan fingerprint density at radius 2 is 2.00 bits per heavy atom. The summed E-state index contributed by atoms with van der Waals surface area (Å²) >= 11 is 0. The van der Waals surface area contributed by atoms with Gasteiger partial charge in [0.05, 0.1) is 12.2 Å². The highest BCUT2D eigenvalue weighted by atomic mass is 16.2. The molecule has 0 aromatic heterocycles. The van der Waals surface area contributed by atoms with Crippen LogP contribution in [0, 0.1) is 5.92 Å². The second-order valence-electron chi connectivity index (χ2n) is 4.95. The highest BCUT2D eigenvalue weighted by molar-refractivity contribution is 5.84. The molecule has 1 saturated heterocycles. The molecule has 0 saturated carbocycles. The molecule has 0 aliphatic carbocycles. The molecule has 0 spiro atoms. The second kappa shape index (κ2) is 4.97. The Balaban J connectivity index is 2.70. The summed E-state index contributed by atoms with van der Waals surface area (Å²) in [7, 11) is 0. The molecule has 1 aliphatic heterocycles. The van der Waals surface area contributed by atoms with Crippen LogP contribution in [0.4, 0.5) is 0 Å². The first-order chi connectivity index (χ1) is 6.99. The Labute approximate surface area is 93.2 Å². The maximum absolute atomic E-state index is 12.1. The number of carbonyl (C=O) groups is 1. The van der Waals surface area contributed by atoms with Gasteiger partial charge in [-0.3, -0.25) is 10.1 Å². The van der Waals surface area contributed by atoms with E-state index < -0.39 is 0 Å². The standard InChI is InChI=1S/C12H24N2O/c1-6-7-9(4)14-10(5)13-11(8(2)3)12(14)15/h8-11,13H,6-7H2,1-5H3. The Hall–Kier alpha value is -0.570. The van der Waals surface area contributed by atoms with Crippen molar-refractivity contribution in [2.75, 3.05) is 0 Å². The molecule has 3 nitrogen and oxygen atoms in total. The van der Waals surface area contributed by atoms with E-state index in [4.69, 9.17) is 0 Å². The van der Waals surface area contributed by atoms with Crippen LogP contribution in [0.1, 0.15) is 47.5 Å². The number of carbonyl (C=O) groups excluding carboxylic acids is 1. The number of hydrogen-bond acceptors (Lipinski definition) is 2. The van der Waals surface area contributed by atoms with Gasteiger partial charge in [0.1, 0.15) is 0 Å². The first kappa shape index (κ1) is 12.5. The van der Waals surface area contributed by atoms with E-state index in [1.807, 2.05) is 4.90 Å². The minimum atomic E-state index is 0.0132. The maximum atomic E-state index is 12.1. The van der Waals surface area contributed by atoms with E-state index in [0.717, 1.165) is 12.8 Å². The lowest BCUT2D eigenvalue weighted by Gasteiger charge is -2.28. The molecule has 1 aliphatic rings. The van der Waals surface area contributed by atoms with Crippen LogP contribution in [0.15, 0.2) is 0 Å². The fourth-order valence-corrected chi connectivity index (χ4v) is 2.40. The first-order valence-electron chi connectivity index (χ1n) is 6.07. The average molecular weight is 212 g/mol. The van der Waals surface area contributed by atoms with Crippen LogP contribution in [0.5, 0.6) is 0 Å². The van der Waals surface area contributed by atoms with E-state index in [9.17, 15) is 4.79 Å². The maximum Gasteiger partial charge on any atom is 0.241 e. The normalized spacial score (nSPS) is 28.9. The largest absolute Gasteiger partial charge is 0.323 e. The summed E-state index contributed by atoms with van der Waals surface area (Å²) in [5.41, 5.74) is 0. The van der Waals surface area contributed by atoms with Gasteiger partial charge in [0.2, 0.25) is 5.91 Å². The molecule has 3 unspecified atom stereocenters. The van der Waals surface area contributed by atoms with Gasteiger partial charge in [-0.25, -0.2) is 0 Å². The van der Waals surface area contributed by atoms with Gasteiger partial charge < -0.3 is 4.90 Å². The molecule has 1 heterocycles. The molecule has 0 aromatic rings. The van der Waals surface area contributed by atoms with Gasteiger partial charge in [-0.05, 0) is 26.2 Å². The van der Waals surface area contributed by atoms with Crippen molar-refractivity contribution in [3.8, 4) is 0 Å². The molecule has 3 atom stereocenters. The Kier molecular flexibility index (Phi) is 4.14. The molecular formula is C12H24N2O. The summed E-state index contributed by atoms with van der Waals surface area (Å²) in [6.07, 6.45) is 2.40. The van der Waals surface area contributed by atoms with Crippen LogP contribution in [0.2, 0.25) is 0 Å². The lowest BCUT2D eigenvalue weighted by atomic mass is 10.0. The van der Waals surface area contributed by atoms with Crippen LogP contribution >= 0.6 is 0 Å². The highest BCUT2D eigenvalue weighted by Crippen LogP contribution is 2.21. The summed E-state index contributed by atoms with van der Waals surface area (Å²) in [5.74, 6) is 0.650. The van der Waals surface area contributed by atoms with Crippen LogP contribution in [0.3, 0.4) is 0 Å². The van der Waals surface area contributed by atoms with E-state index in [1.165, 1.54) is 0 Å². The van der Waals surface area contributed by atoms with Crippen LogP contribution in [-0.2, 0) is 4.79 Å². The third-order valence-electron chi connectivity index (χ3n) is 3.21. The summed E-state index contributed by atoms with van der Waals surface area (Å²) in [5, 5.41) is 3.37. The van der Waals surface area contributed by atoms with Crippen molar-refractivity contribution in [3.05, 3.63) is 0 Å². The molecule has 0 radical (unpaired) electrons. The summed E-state index contributed by atoms with van der Waals surface area (Å²) < 4.78 is 0. The molecule has 0 bridgehead atoms. The predicted molar refractivity (Wildman–Crippen MR) is 62.4 cm³/mol. The Bertz CT molecular complexity index is 228. The van der Waals surface area contributed by atoms with Crippen molar-refractivity contribution < 1.29 is 4.79 Å². The monoisotopic (exact) mass is 212 g/mol. The van der Waals surface area contributed by atoms with Crippen molar-refractivity contribution in [2.24, 2.45) is 5.92 Å². The lowest BCUT2D eigenvalue weighted by Crippen LogP contribution is -2.41. The quantitative estimate of drug-likeness (QED) is 0.773. The van der Waals surface area contributed by atoms with Crippen molar-refractivity contribution in [1.82, 2.24) is 10.2 Å². The first-order valence-corrected chi connectivity index (χ1v) is 6.07. The smallest absolute Gasteiger partial charge is 0.241 e. The summed E-state index contributed by atoms with van der Waals surface area (Å²) in [4.78, 5) is 14.1.